The SMILES string of the molecule is O=[N+]([O-])c1ccc2nc(CCCN3CCCCC3)[nH]c2c1. The normalized spacial score (nSPS) is 16.4. The number of hydrogen-bond acceptors (Lipinski definition) is 4. The molecule has 2 aromatic rings. The predicted octanol–water partition coefficient (Wildman–Crippen LogP) is 2.89. The van der Waals surface area contributed by atoms with Gasteiger partial charge in [-0.25, -0.2) is 4.98 Å². The molecule has 112 valence electrons. The molecule has 0 aliphatic carbocycles. The van der Waals surface area contributed by atoms with E-state index in [-0.39, 0.29) is 10.6 Å². The van der Waals surface area contributed by atoms with Crippen LogP contribution in [0.15, 0.2) is 18.2 Å². The molecule has 0 spiro atoms. The maximum absolute atomic E-state index is 10.8. The van der Waals surface area contributed by atoms with Gasteiger partial charge in [-0.3, -0.25) is 10.1 Å². The van der Waals surface area contributed by atoms with Crippen LogP contribution in [0.3, 0.4) is 0 Å². The minimum absolute atomic E-state index is 0.103. The number of imidazole rings is 1. The van der Waals surface area contributed by atoms with Crippen LogP contribution in [0.5, 0.6) is 0 Å². The van der Waals surface area contributed by atoms with Gasteiger partial charge in [0.05, 0.1) is 16.0 Å². The Hall–Kier alpha value is -1.95. The van der Waals surface area contributed by atoms with Crippen LogP contribution in [0.25, 0.3) is 11.0 Å². The molecule has 0 unspecified atom stereocenters. The van der Waals surface area contributed by atoms with E-state index < -0.39 is 0 Å². The number of rotatable bonds is 5. The monoisotopic (exact) mass is 288 g/mol. The Morgan fingerprint density at radius 3 is 2.86 bits per heavy atom. The average Bonchev–Trinajstić information content (AvgIpc) is 2.90. The van der Waals surface area contributed by atoms with E-state index in [2.05, 4.69) is 14.9 Å². The van der Waals surface area contributed by atoms with Gasteiger partial charge in [0, 0.05) is 18.6 Å². The molecule has 21 heavy (non-hydrogen) atoms. The summed E-state index contributed by atoms with van der Waals surface area (Å²) in [5, 5.41) is 10.8. The lowest BCUT2D eigenvalue weighted by atomic mass is 10.1. The zero-order valence-electron chi connectivity index (χ0n) is 12.0. The number of likely N-dealkylation sites (tertiary alicyclic amines) is 1. The van der Waals surface area contributed by atoms with Gasteiger partial charge in [-0.2, -0.15) is 0 Å². The minimum atomic E-state index is -0.379. The first-order valence-corrected chi connectivity index (χ1v) is 7.58. The second-order valence-electron chi connectivity index (χ2n) is 5.65. The smallest absolute Gasteiger partial charge is 0.271 e. The zero-order valence-corrected chi connectivity index (χ0v) is 12.0. The summed E-state index contributed by atoms with van der Waals surface area (Å²) in [7, 11) is 0. The maximum Gasteiger partial charge on any atom is 0.271 e. The van der Waals surface area contributed by atoms with Gasteiger partial charge in [-0.1, -0.05) is 6.42 Å². The largest absolute Gasteiger partial charge is 0.342 e. The molecule has 2 heterocycles. The molecule has 1 aromatic heterocycles. The molecule has 1 fully saturated rings. The van der Waals surface area contributed by atoms with Gasteiger partial charge in [0.15, 0.2) is 0 Å². The lowest BCUT2D eigenvalue weighted by Gasteiger charge is -2.26. The maximum atomic E-state index is 10.8. The fraction of sp³-hybridized carbons (Fsp3) is 0.533. The zero-order chi connectivity index (χ0) is 14.7. The Kier molecular flexibility index (Phi) is 4.15. The van der Waals surface area contributed by atoms with Crippen LogP contribution in [0.1, 0.15) is 31.5 Å². The number of nitrogens with one attached hydrogen (secondary N) is 1. The number of H-pyrrole nitrogens is 1. The van der Waals surface area contributed by atoms with Crippen molar-refractivity contribution in [3.8, 4) is 0 Å². The number of nitrogens with zero attached hydrogens (tertiary/aromatic N) is 3. The fourth-order valence-corrected chi connectivity index (χ4v) is 2.94. The summed E-state index contributed by atoms with van der Waals surface area (Å²) < 4.78 is 0. The third kappa shape index (κ3) is 3.39. The quantitative estimate of drug-likeness (QED) is 0.678. The van der Waals surface area contributed by atoms with Crippen LogP contribution in [-0.4, -0.2) is 39.4 Å². The van der Waals surface area contributed by atoms with Gasteiger partial charge in [0.2, 0.25) is 0 Å². The first kappa shape index (κ1) is 14.0. The number of benzene rings is 1. The minimum Gasteiger partial charge on any atom is -0.342 e. The van der Waals surface area contributed by atoms with E-state index in [0.717, 1.165) is 36.2 Å². The molecule has 1 aromatic carbocycles. The molecule has 1 saturated heterocycles. The van der Waals surface area contributed by atoms with Crippen LogP contribution in [0, 0.1) is 10.1 Å². The summed E-state index contributed by atoms with van der Waals surface area (Å²) in [5.41, 5.74) is 1.65. The van der Waals surface area contributed by atoms with E-state index in [1.807, 2.05) is 0 Å². The lowest BCUT2D eigenvalue weighted by Crippen LogP contribution is -2.30. The van der Waals surface area contributed by atoms with Gasteiger partial charge in [0.1, 0.15) is 5.82 Å². The van der Waals surface area contributed by atoms with E-state index >= 15 is 0 Å². The van der Waals surface area contributed by atoms with Crippen molar-refractivity contribution < 1.29 is 4.92 Å². The Morgan fingerprint density at radius 1 is 1.29 bits per heavy atom. The number of aromatic nitrogens is 2. The average molecular weight is 288 g/mol. The first-order chi connectivity index (χ1) is 10.2. The summed E-state index contributed by atoms with van der Waals surface area (Å²) in [6.45, 7) is 3.54. The summed E-state index contributed by atoms with van der Waals surface area (Å²) in [5.74, 6) is 0.919. The highest BCUT2D eigenvalue weighted by molar-refractivity contribution is 5.77. The number of aryl methyl sites for hydroxylation is 1. The van der Waals surface area contributed by atoms with E-state index in [1.165, 1.54) is 38.4 Å². The van der Waals surface area contributed by atoms with Crippen molar-refractivity contribution in [1.82, 2.24) is 14.9 Å². The van der Waals surface area contributed by atoms with Crippen molar-refractivity contribution in [3.63, 3.8) is 0 Å². The molecular formula is C15H20N4O2. The van der Waals surface area contributed by atoms with Crippen LogP contribution in [-0.2, 0) is 6.42 Å². The van der Waals surface area contributed by atoms with Gasteiger partial charge in [0.25, 0.3) is 5.69 Å². The van der Waals surface area contributed by atoms with Gasteiger partial charge in [-0.05, 0) is 45.0 Å². The third-order valence-electron chi connectivity index (χ3n) is 4.06. The molecule has 0 bridgehead atoms. The number of piperidine rings is 1. The van der Waals surface area contributed by atoms with Crippen LogP contribution in [0.2, 0.25) is 0 Å². The highest BCUT2D eigenvalue weighted by Crippen LogP contribution is 2.19. The van der Waals surface area contributed by atoms with Crippen molar-refractivity contribution in [2.45, 2.75) is 32.1 Å². The topological polar surface area (TPSA) is 75.1 Å². The van der Waals surface area contributed by atoms with Crippen LogP contribution in [0.4, 0.5) is 5.69 Å². The van der Waals surface area contributed by atoms with E-state index in [1.54, 1.807) is 12.1 Å². The number of fused-ring (bicyclic) bond motifs is 1. The van der Waals surface area contributed by atoms with Crippen molar-refractivity contribution in [2.24, 2.45) is 0 Å². The lowest BCUT2D eigenvalue weighted by molar-refractivity contribution is -0.384. The Labute approximate surface area is 123 Å². The Morgan fingerprint density at radius 2 is 2.10 bits per heavy atom. The third-order valence-corrected chi connectivity index (χ3v) is 4.06. The second kappa shape index (κ2) is 6.22. The van der Waals surface area contributed by atoms with Gasteiger partial charge in [-0.15, -0.1) is 0 Å². The first-order valence-electron chi connectivity index (χ1n) is 7.58. The molecule has 0 saturated carbocycles. The standard InChI is InChI=1S/C15H20N4O2/c20-19(21)12-6-7-13-14(11-12)17-15(16-13)5-4-10-18-8-2-1-3-9-18/h6-7,11H,1-5,8-10H2,(H,16,17). The summed E-state index contributed by atoms with van der Waals surface area (Å²) in [6.07, 6.45) is 5.95. The number of nitro groups is 1. The van der Waals surface area contributed by atoms with E-state index in [0.29, 0.717) is 0 Å². The summed E-state index contributed by atoms with van der Waals surface area (Å²) >= 11 is 0. The van der Waals surface area contributed by atoms with Gasteiger partial charge < -0.3 is 9.88 Å². The molecule has 0 atom stereocenters. The van der Waals surface area contributed by atoms with Crippen LogP contribution >= 0.6 is 0 Å². The molecule has 1 aliphatic heterocycles. The Balaban J connectivity index is 1.60. The Bertz CT molecular complexity index is 632. The number of nitro benzene ring substituents is 1. The predicted molar refractivity (Wildman–Crippen MR) is 81.4 cm³/mol. The number of aromatic amines is 1. The molecule has 3 rings (SSSR count). The van der Waals surface area contributed by atoms with Crippen molar-refractivity contribution >= 4 is 16.7 Å². The van der Waals surface area contributed by atoms with Crippen molar-refractivity contribution in [1.29, 1.82) is 0 Å². The highest BCUT2D eigenvalue weighted by Gasteiger charge is 2.11. The second-order valence-corrected chi connectivity index (χ2v) is 5.65. The fourth-order valence-electron chi connectivity index (χ4n) is 2.94. The molecule has 1 N–H and O–H groups in total. The van der Waals surface area contributed by atoms with E-state index in [4.69, 9.17) is 0 Å². The summed E-state index contributed by atoms with van der Waals surface area (Å²) in [4.78, 5) is 20.6. The number of hydrogen-bond donors (Lipinski definition) is 1. The number of non-ortho nitro benzene ring substituents is 1. The molecular weight excluding hydrogens is 268 g/mol. The van der Waals surface area contributed by atoms with Crippen molar-refractivity contribution in [2.75, 3.05) is 19.6 Å². The van der Waals surface area contributed by atoms with Crippen molar-refractivity contribution in [3.05, 3.63) is 34.1 Å². The molecule has 0 amide bonds. The molecule has 6 heteroatoms. The summed E-state index contributed by atoms with van der Waals surface area (Å²) in [6, 6.07) is 4.76. The van der Waals surface area contributed by atoms with Crippen LogP contribution < -0.4 is 0 Å². The van der Waals surface area contributed by atoms with E-state index in [9.17, 15) is 10.1 Å². The molecule has 6 nitrogen and oxygen atoms in total. The molecule has 0 radical (unpaired) electrons. The highest BCUT2D eigenvalue weighted by atomic mass is 16.6. The molecule has 1 aliphatic rings. The van der Waals surface area contributed by atoms with Gasteiger partial charge >= 0.3 is 0 Å².